The predicted octanol–water partition coefficient (Wildman–Crippen LogP) is 3.05. The zero-order valence-corrected chi connectivity index (χ0v) is 20.2. The van der Waals surface area contributed by atoms with Gasteiger partial charge in [0, 0.05) is 38.9 Å². The predicted molar refractivity (Wildman–Crippen MR) is 125 cm³/mol. The first-order valence-corrected chi connectivity index (χ1v) is 11.2. The van der Waals surface area contributed by atoms with E-state index in [0.29, 0.717) is 31.7 Å². The number of aliphatic imine (C=N–C) groups is 1. The molecule has 1 aromatic carbocycles. The lowest BCUT2D eigenvalue weighted by molar-refractivity contribution is -0.0586. The molecule has 174 valence electrons. The molecule has 3 atom stereocenters. The third-order valence-electron chi connectivity index (χ3n) is 5.38. The average molecular weight is 433 g/mol. The highest BCUT2D eigenvalue weighted by Gasteiger charge is 2.26. The molecule has 7 nitrogen and oxygen atoms in total. The van der Waals surface area contributed by atoms with Gasteiger partial charge in [-0.2, -0.15) is 0 Å². The Morgan fingerprint density at radius 1 is 1.19 bits per heavy atom. The summed E-state index contributed by atoms with van der Waals surface area (Å²) in [5, 5.41) is 6.65. The molecule has 1 saturated heterocycles. The maximum absolute atomic E-state index is 12.8. The first-order chi connectivity index (χ1) is 14.6. The Morgan fingerprint density at radius 3 is 2.32 bits per heavy atom. The number of ether oxygens (including phenoxy) is 2. The van der Waals surface area contributed by atoms with Crippen LogP contribution in [0, 0.1) is 5.41 Å². The summed E-state index contributed by atoms with van der Waals surface area (Å²) in [5.74, 6) is 0.810. The van der Waals surface area contributed by atoms with Crippen molar-refractivity contribution in [2.75, 3.05) is 33.3 Å². The van der Waals surface area contributed by atoms with E-state index in [-0.39, 0.29) is 29.6 Å². The zero-order chi connectivity index (χ0) is 23.0. The van der Waals surface area contributed by atoms with Gasteiger partial charge in [-0.1, -0.05) is 32.9 Å². The van der Waals surface area contributed by atoms with E-state index in [9.17, 15) is 4.79 Å². The molecule has 0 aromatic heterocycles. The lowest BCUT2D eigenvalue weighted by Crippen LogP contribution is -2.48. The molecule has 1 heterocycles. The van der Waals surface area contributed by atoms with Gasteiger partial charge in [-0.05, 0) is 43.9 Å². The zero-order valence-electron chi connectivity index (χ0n) is 20.2. The summed E-state index contributed by atoms with van der Waals surface area (Å²) >= 11 is 0. The maximum Gasteiger partial charge on any atom is 0.254 e. The van der Waals surface area contributed by atoms with Gasteiger partial charge in [0.2, 0.25) is 0 Å². The number of rotatable bonds is 7. The standard InChI is InChI=1S/C24H40N4O3/c1-8-25-23(27-14-21(30-7)24(4,5)6)26-13-19-9-11-20(12-10-19)22(29)28-15-17(2)31-18(3)16-28/h9-12,17-18,21H,8,13-16H2,1-7H3,(H2,25,26,27). The molecule has 31 heavy (non-hydrogen) atoms. The van der Waals surface area contributed by atoms with Gasteiger partial charge in [0.25, 0.3) is 5.91 Å². The van der Waals surface area contributed by atoms with Gasteiger partial charge in [-0.25, -0.2) is 4.99 Å². The molecule has 2 N–H and O–H groups in total. The summed E-state index contributed by atoms with van der Waals surface area (Å²) in [5.41, 5.74) is 1.79. The Bertz CT molecular complexity index is 717. The van der Waals surface area contributed by atoms with Crippen molar-refractivity contribution in [2.45, 2.75) is 66.4 Å². The monoisotopic (exact) mass is 432 g/mol. The highest BCUT2D eigenvalue weighted by molar-refractivity contribution is 5.94. The summed E-state index contributed by atoms with van der Waals surface area (Å²) in [6.07, 6.45) is 0.204. The van der Waals surface area contributed by atoms with Gasteiger partial charge >= 0.3 is 0 Å². The Labute approximate surface area is 187 Å². The average Bonchev–Trinajstić information content (AvgIpc) is 2.70. The number of nitrogens with zero attached hydrogens (tertiary/aromatic N) is 2. The van der Waals surface area contributed by atoms with Crippen LogP contribution in [0.15, 0.2) is 29.3 Å². The maximum atomic E-state index is 12.8. The van der Waals surface area contributed by atoms with Crippen LogP contribution < -0.4 is 10.6 Å². The lowest BCUT2D eigenvalue weighted by Gasteiger charge is -2.35. The smallest absolute Gasteiger partial charge is 0.254 e. The second-order valence-corrected chi connectivity index (χ2v) is 9.33. The van der Waals surface area contributed by atoms with Crippen molar-refractivity contribution < 1.29 is 14.3 Å². The Morgan fingerprint density at radius 2 is 1.81 bits per heavy atom. The van der Waals surface area contributed by atoms with Crippen molar-refractivity contribution in [1.82, 2.24) is 15.5 Å². The quantitative estimate of drug-likeness (QED) is 0.512. The van der Waals surface area contributed by atoms with Crippen LogP contribution >= 0.6 is 0 Å². The molecular weight excluding hydrogens is 392 g/mol. The van der Waals surface area contributed by atoms with E-state index in [1.165, 1.54) is 0 Å². The first-order valence-electron chi connectivity index (χ1n) is 11.2. The number of hydrogen-bond donors (Lipinski definition) is 2. The van der Waals surface area contributed by atoms with E-state index in [2.05, 4.69) is 36.4 Å². The number of methoxy groups -OCH3 is 1. The molecular formula is C24H40N4O3. The summed E-state index contributed by atoms with van der Waals surface area (Å²) in [7, 11) is 1.74. The molecule has 1 aromatic rings. The van der Waals surface area contributed by atoms with Crippen LogP contribution in [0.3, 0.4) is 0 Å². The number of hydrogen-bond acceptors (Lipinski definition) is 4. The number of morpholine rings is 1. The summed E-state index contributed by atoms with van der Waals surface area (Å²) in [6, 6.07) is 7.72. The van der Waals surface area contributed by atoms with Crippen LogP contribution in [-0.4, -0.2) is 68.4 Å². The molecule has 1 amide bonds. The van der Waals surface area contributed by atoms with E-state index in [0.717, 1.165) is 18.1 Å². The number of carbonyl (C=O) groups is 1. The molecule has 0 aliphatic carbocycles. The topological polar surface area (TPSA) is 75.2 Å². The highest BCUT2D eigenvalue weighted by Crippen LogP contribution is 2.21. The molecule has 1 aliphatic heterocycles. The molecule has 0 spiro atoms. The van der Waals surface area contributed by atoms with E-state index < -0.39 is 0 Å². The Kier molecular flexibility index (Phi) is 9.32. The molecule has 0 bridgehead atoms. The van der Waals surface area contributed by atoms with Gasteiger partial charge in [0.1, 0.15) is 0 Å². The third kappa shape index (κ3) is 7.82. The van der Waals surface area contributed by atoms with Crippen LogP contribution in [0.5, 0.6) is 0 Å². The molecule has 0 radical (unpaired) electrons. The molecule has 1 aliphatic rings. The van der Waals surface area contributed by atoms with Gasteiger partial charge in [0.15, 0.2) is 5.96 Å². The van der Waals surface area contributed by atoms with Crippen molar-refractivity contribution >= 4 is 11.9 Å². The number of guanidine groups is 1. The molecule has 0 saturated carbocycles. The van der Waals surface area contributed by atoms with Crippen molar-refractivity contribution in [3.05, 3.63) is 35.4 Å². The number of benzene rings is 1. The summed E-state index contributed by atoms with van der Waals surface area (Å²) in [6.45, 7) is 15.8. The number of nitrogens with one attached hydrogen (secondary N) is 2. The van der Waals surface area contributed by atoms with Gasteiger partial charge in [0.05, 0.1) is 24.9 Å². The fourth-order valence-corrected chi connectivity index (χ4v) is 3.72. The summed E-state index contributed by atoms with van der Waals surface area (Å²) < 4.78 is 11.3. The van der Waals surface area contributed by atoms with Crippen molar-refractivity contribution in [2.24, 2.45) is 10.4 Å². The Balaban J connectivity index is 1.98. The lowest BCUT2D eigenvalue weighted by atomic mass is 9.89. The SMILES string of the molecule is CCNC(=NCc1ccc(C(=O)N2CC(C)OC(C)C2)cc1)NCC(OC)C(C)(C)C. The minimum Gasteiger partial charge on any atom is -0.379 e. The van der Waals surface area contributed by atoms with Crippen LogP contribution in [0.2, 0.25) is 0 Å². The largest absolute Gasteiger partial charge is 0.379 e. The van der Waals surface area contributed by atoms with Crippen molar-refractivity contribution in [3.63, 3.8) is 0 Å². The van der Waals surface area contributed by atoms with Gasteiger partial charge < -0.3 is 25.0 Å². The summed E-state index contributed by atoms with van der Waals surface area (Å²) in [4.78, 5) is 19.4. The second kappa shape index (κ2) is 11.5. The van der Waals surface area contributed by atoms with E-state index in [4.69, 9.17) is 9.47 Å². The third-order valence-corrected chi connectivity index (χ3v) is 5.38. The number of carbonyl (C=O) groups excluding carboxylic acids is 1. The van der Waals surface area contributed by atoms with E-state index >= 15 is 0 Å². The second-order valence-electron chi connectivity index (χ2n) is 9.33. The number of amides is 1. The molecule has 1 fully saturated rings. The van der Waals surface area contributed by atoms with Crippen LogP contribution in [0.4, 0.5) is 0 Å². The molecule has 3 unspecified atom stereocenters. The normalized spacial score (nSPS) is 21.0. The van der Waals surface area contributed by atoms with Crippen LogP contribution in [0.1, 0.15) is 57.5 Å². The highest BCUT2D eigenvalue weighted by atomic mass is 16.5. The van der Waals surface area contributed by atoms with E-state index in [1.54, 1.807) is 7.11 Å². The molecule has 7 heteroatoms. The minimum atomic E-state index is 0.0392. The van der Waals surface area contributed by atoms with Crippen molar-refractivity contribution in [3.8, 4) is 0 Å². The first kappa shape index (κ1) is 25.1. The van der Waals surface area contributed by atoms with Gasteiger partial charge in [-0.3, -0.25) is 4.79 Å². The van der Waals surface area contributed by atoms with Crippen molar-refractivity contribution in [1.29, 1.82) is 0 Å². The molecule has 2 rings (SSSR count). The van der Waals surface area contributed by atoms with Gasteiger partial charge in [-0.15, -0.1) is 0 Å². The van der Waals surface area contributed by atoms with Crippen LogP contribution in [-0.2, 0) is 16.0 Å². The van der Waals surface area contributed by atoms with Crippen LogP contribution in [0.25, 0.3) is 0 Å². The Hall–Kier alpha value is -2.12. The fourth-order valence-electron chi connectivity index (χ4n) is 3.72. The fraction of sp³-hybridized carbons (Fsp3) is 0.667. The minimum absolute atomic E-state index is 0.0392. The van der Waals surface area contributed by atoms with E-state index in [1.807, 2.05) is 49.9 Å².